The summed E-state index contributed by atoms with van der Waals surface area (Å²) in [5.74, 6) is -1.26. The number of halogens is 1. The van der Waals surface area contributed by atoms with Crippen molar-refractivity contribution < 1.29 is 14.4 Å². The van der Waals surface area contributed by atoms with Crippen LogP contribution in [0.4, 0.5) is 5.69 Å². The van der Waals surface area contributed by atoms with Gasteiger partial charge in [-0.05, 0) is 29.8 Å². The summed E-state index contributed by atoms with van der Waals surface area (Å²) >= 11 is 5.94. The fourth-order valence-electron chi connectivity index (χ4n) is 3.14. The molecule has 2 aliphatic heterocycles. The lowest BCUT2D eigenvalue weighted by atomic mass is 9.91. The summed E-state index contributed by atoms with van der Waals surface area (Å²) in [5.41, 5.74) is 1.66. The number of hydrogen-bond acceptors (Lipinski definition) is 4. The second-order valence-electron chi connectivity index (χ2n) is 5.56. The Morgan fingerprint density at radius 3 is 2.35 bits per heavy atom. The van der Waals surface area contributed by atoms with E-state index in [4.69, 9.17) is 16.4 Å². The lowest BCUT2D eigenvalue weighted by molar-refractivity contribution is -0.129. The van der Waals surface area contributed by atoms with Gasteiger partial charge in [-0.15, -0.1) is 0 Å². The number of nitrogens with zero attached hydrogens (tertiary/aromatic N) is 1. The number of benzene rings is 2. The van der Waals surface area contributed by atoms with Crippen LogP contribution in [0.25, 0.3) is 0 Å². The van der Waals surface area contributed by atoms with Crippen molar-refractivity contribution >= 4 is 29.1 Å². The Morgan fingerprint density at radius 2 is 1.65 bits per heavy atom. The molecule has 2 amide bonds. The summed E-state index contributed by atoms with van der Waals surface area (Å²) in [7, 11) is 0. The average Bonchev–Trinajstić information content (AvgIpc) is 3.08. The van der Waals surface area contributed by atoms with E-state index in [1.165, 1.54) is 0 Å². The van der Waals surface area contributed by atoms with E-state index in [9.17, 15) is 9.59 Å². The first kappa shape index (κ1) is 14.2. The van der Waals surface area contributed by atoms with Gasteiger partial charge in [-0.1, -0.05) is 41.9 Å². The van der Waals surface area contributed by atoms with Crippen molar-refractivity contribution in [2.75, 3.05) is 5.06 Å². The molecule has 2 fully saturated rings. The quantitative estimate of drug-likeness (QED) is 0.860. The standard InChI is InChI=1S/C17H13ClN2O3/c18-11-6-8-12(9-7-11)20-14(10-4-2-1-3-5-10)13-15(23-20)17(22)19-16(13)21/h1-9,13-15H,(H,19,21,22)/t13-,14+,15-/m0/s1. The van der Waals surface area contributed by atoms with Crippen molar-refractivity contribution in [2.45, 2.75) is 12.1 Å². The predicted octanol–water partition coefficient (Wildman–Crippen LogP) is 2.47. The summed E-state index contributed by atoms with van der Waals surface area (Å²) in [5, 5.41) is 4.60. The second-order valence-corrected chi connectivity index (χ2v) is 6.00. The fourth-order valence-corrected chi connectivity index (χ4v) is 3.26. The molecule has 0 bridgehead atoms. The highest BCUT2D eigenvalue weighted by molar-refractivity contribution is 6.30. The molecule has 2 heterocycles. The minimum absolute atomic E-state index is 0.301. The molecule has 6 heteroatoms. The summed E-state index contributed by atoms with van der Waals surface area (Å²) in [4.78, 5) is 30.0. The van der Waals surface area contributed by atoms with Crippen LogP contribution in [0, 0.1) is 5.92 Å². The highest BCUT2D eigenvalue weighted by atomic mass is 35.5. The van der Waals surface area contributed by atoms with Gasteiger partial charge < -0.3 is 0 Å². The van der Waals surface area contributed by atoms with Crippen molar-refractivity contribution in [3.05, 3.63) is 65.2 Å². The number of imide groups is 1. The normalized spacial score (nSPS) is 26.3. The smallest absolute Gasteiger partial charge is 0.259 e. The van der Waals surface area contributed by atoms with E-state index in [0.29, 0.717) is 5.02 Å². The van der Waals surface area contributed by atoms with E-state index in [2.05, 4.69) is 5.32 Å². The van der Waals surface area contributed by atoms with E-state index >= 15 is 0 Å². The number of amides is 2. The number of carbonyl (C=O) groups is 2. The van der Waals surface area contributed by atoms with Gasteiger partial charge in [0.25, 0.3) is 5.91 Å². The first-order valence-corrected chi connectivity index (χ1v) is 7.64. The zero-order valence-corrected chi connectivity index (χ0v) is 12.7. The predicted molar refractivity (Wildman–Crippen MR) is 84.6 cm³/mol. The highest BCUT2D eigenvalue weighted by Crippen LogP contribution is 2.44. The lowest BCUT2D eigenvalue weighted by Gasteiger charge is -2.27. The van der Waals surface area contributed by atoms with Crippen molar-refractivity contribution in [3.8, 4) is 0 Å². The third kappa shape index (κ3) is 2.29. The molecule has 0 aliphatic carbocycles. The summed E-state index contributed by atoms with van der Waals surface area (Å²) in [6.07, 6.45) is -0.802. The zero-order chi connectivity index (χ0) is 16.0. The maximum absolute atomic E-state index is 12.2. The van der Waals surface area contributed by atoms with Gasteiger partial charge in [0.15, 0.2) is 6.10 Å². The topological polar surface area (TPSA) is 58.6 Å². The van der Waals surface area contributed by atoms with Gasteiger partial charge in [-0.3, -0.25) is 19.7 Å². The Labute approximate surface area is 137 Å². The molecule has 23 heavy (non-hydrogen) atoms. The van der Waals surface area contributed by atoms with Gasteiger partial charge >= 0.3 is 0 Å². The van der Waals surface area contributed by atoms with Gasteiger partial charge in [0, 0.05) is 5.02 Å². The maximum atomic E-state index is 12.2. The van der Waals surface area contributed by atoms with Gasteiger partial charge in [0.1, 0.15) is 5.92 Å². The van der Waals surface area contributed by atoms with Crippen molar-refractivity contribution in [1.82, 2.24) is 5.32 Å². The minimum Gasteiger partial charge on any atom is -0.294 e. The average molecular weight is 329 g/mol. The number of anilines is 1. The molecule has 2 aromatic rings. The van der Waals surface area contributed by atoms with Gasteiger partial charge in [0.05, 0.1) is 11.7 Å². The van der Waals surface area contributed by atoms with Crippen LogP contribution in [0.3, 0.4) is 0 Å². The molecule has 2 aromatic carbocycles. The van der Waals surface area contributed by atoms with Crippen LogP contribution >= 0.6 is 11.6 Å². The molecule has 4 rings (SSSR count). The third-order valence-corrected chi connectivity index (χ3v) is 4.43. The molecular formula is C17H13ClN2O3. The van der Waals surface area contributed by atoms with Crippen LogP contribution in [-0.4, -0.2) is 17.9 Å². The highest BCUT2D eigenvalue weighted by Gasteiger charge is 2.56. The number of nitrogens with one attached hydrogen (secondary N) is 1. The summed E-state index contributed by atoms with van der Waals surface area (Å²) in [6, 6.07) is 16.3. The van der Waals surface area contributed by atoms with Crippen molar-refractivity contribution in [1.29, 1.82) is 0 Å². The Bertz CT molecular complexity index is 763. The van der Waals surface area contributed by atoms with Crippen LogP contribution in [0.2, 0.25) is 5.02 Å². The SMILES string of the molecule is O=C1NC(=O)[C@H]2ON(c3ccc(Cl)cc3)[C@H](c3ccccc3)[C@H]12. The number of carbonyl (C=O) groups excluding carboxylic acids is 2. The molecule has 0 saturated carbocycles. The molecule has 0 aromatic heterocycles. The van der Waals surface area contributed by atoms with Crippen LogP contribution in [0.1, 0.15) is 11.6 Å². The summed E-state index contributed by atoms with van der Waals surface area (Å²) in [6.45, 7) is 0. The Balaban J connectivity index is 1.80. The first-order valence-electron chi connectivity index (χ1n) is 7.26. The molecule has 2 aliphatic rings. The lowest BCUT2D eigenvalue weighted by Crippen LogP contribution is -2.33. The van der Waals surface area contributed by atoms with Crippen molar-refractivity contribution in [3.63, 3.8) is 0 Å². The monoisotopic (exact) mass is 328 g/mol. The third-order valence-electron chi connectivity index (χ3n) is 4.18. The van der Waals surface area contributed by atoms with Crippen LogP contribution in [0.5, 0.6) is 0 Å². The van der Waals surface area contributed by atoms with E-state index in [1.807, 2.05) is 42.5 Å². The Hall–Kier alpha value is -2.37. The van der Waals surface area contributed by atoms with Gasteiger partial charge in [-0.25, -0.2) is 5.06 Å². The van der Waals surface area contributed by atoms with Crippen LogP contribution < -0.4 is 10.4 Å². The Kier molecular flexibility index (Phi) is 3.32. The molecule has 116 valence electrons. The van der Waals surface area contributed by atoms with E-state index in [0.717, 1.165) is 11.3 Å². The zero-order valence-electron chi connectivity index (χ0n) is 12.0. The van der Waals surface area contributed by atoms with Gasteiger partial charge in [-0.2, -0.15) is 0 Å². The van der Waals surface area contributed by atoms with E-state index in [-0.39, 0.29) is 11.9 Å². The van der Waals surface area contributed by atoms with Crippen LogP contribution in [-0.2, 0) is 14.4 Å². The molecule has 0 spiro atoms. The largest absolute Gasteiger partial charge is 0.294 e. The first-order chi connectivity index (χ1) is 11.1. The second kappa shape index (κ2) is 5.37. The van der Waals surface area contributed by atoms with Crippen LogP contribution in [0.15, 0.2) is 54.6 Å². The molecule has 2 saturated heterocycles. The summed E-state index contributed by atoms with van der Waals surface area (Å²) < 4.78 is 0. The van der Waals surface area contributed by atoms with Gasteiger partial charge in [0.2, 0.25) is 5.91 Å². The molecule has 0 radical (unpaired) electrons. The fraction of sp³-hybridized carbons (Fsp3) is 0.176. The molecule has 3 atom stereocenters. The maximum Gasteiger partial charge on any atom is 0.259 e. The molecule has 1 N–H and O–H groups in total. The molecule has 5 nitrogen and oxygen atoms in total. The number of hydroxylamine groups is 1. The molecular weight excluding hydrogens is 316 g/mol. The van der Waals surface area contributed by atoms with E-state index < -0.39 is 17.9 Å². The number of fused-ring (bicyclic) bond motifs is 1. The van der Waals surface area contributed by atoms with Crippen molar-refractivity contribution in [2.24, 2.45) is 5.92 Å². The van der Waals surface area contributed by atoms with E-state index in [1.54, 1.807) is 17.2 Å². The molecule has 0 unspecified atom stereocenters. The minimum atomic E-state index is -0.802. The Morgan fingerprint density at radius 1 is 0.957 bits per heavy atom. The number of hydrogen-bond donors (Lipinski definition) is 1. The number of rotatable bonds is 2.